The third-order valence-electron chi connectivity index (χ3n) is 5.40. The number of methoxy groups -OCH3 is 1. The van der Waals surface area contributed by atoms with Gasteiger partial charge in [-0.2, -0.15) is 13.2 Å². The molecular formula is C23H25F3N4O3. The number of hydrazine groups is 1. The van der Waals surface area contributed by atoms with E-state index in [0.717, 1.165) is 22.4 Å². The molecular weight excluding hydrogens is 437 g/mol. The smallest absolute Gasteiger partial charge is 0.422 e. The molecule has 0 aliphatic heterocycles. The molecule has 0 saturated heterocycles. The lowest BCUT2D eigenvalue weighted by molar-refractivity contribution is -0.245. The summed E-state index contributed by atoms with van der Waals surface area (Å²) < 4.78 is 46.3. The average Bonchev–Trinajstić information content (AvgIpc) is 3.16. The summed E-state index contributed by atoms with van der Waals surface area (Å²) in [4.78, 5) is 12.4. The third kappa shape index (κ3) is 4.67. The van der Waals surface area contributed by atoms with E-state index in [1.54, 1.807) is 28.8 Å². The van der Waals surface area contributed by atoms with Crippen molar-refractivity contribution in [2.75, 3.05) is 7.11 Å². The Balaban J connectivity index is 1.96. The summed E-state index contributed by atoms with van der Waals surface area (Å²) in [5.74, 6) is 5.35. The van der Waals surface area contributed by atoms with Crippen molar-refractivity contribution in [2.24, 2.45) is 11.6 Å². The standard InChI is InChI=1S/C23H25F3N4O3/c1-3-22(32,23(24,25)26)20(27)14-29(28)13-15-9-10-18-16(11-15)12-19(21(31)33-2)30(18)17-7-5-4-6-8-17/h4-12,14,32H,3,13,27-28H2,1-2H3/b20-14-. The molecule has 1 aromatic heterocycles. The maximum absolute atomic E-state index is 13.2. The van der Waals surface area contributed by atoms with Crippen LogP contribution in [0.4, 0.5) is 13.2 Å². The molecule has 33 heavy (non-hydrogen) atoms. The van der Waals surface area contributed by atoms with E-state index in [-0.39, 0.29) is 6.54 Å². The topological polar surface area (TPSA) is 107 Å². The number of aromatic nitrogens is 1. The van der Waals surface area contributed by atoms with Gasteiger partial charge < -0.3 is 25.2 Å². The van der Waals surface area contributed by atoms with Gasteiger partial charge in [-0.25, -0.2) is 10.6 Å². The molecule has 10 heteroatoms. The number of carbonyl (C=O) groups is 1. The van der Waals surface area contributed by atoms with E-state index in [9.17, 15) is 23.1 Å². The molecule has 176 valence electrons. The fourth-order valence-corrected chi connectivity index (χ4v) is 3.58. The largest absolute Gasteiger partial charge is 0.464 e. The Kier molecular flexibility index (Phi) is 6.71. The van der Waals surface area contributed by atoms with Crippen LogP contribution in [0.15, 0.2) is 66.5 Å². The van der Waals surface area contributed by atoms with Gasteiger partial charge in [0.05, 0.1) is 24.9 Å². The summed E-state index contributed by atoms with van der Waals surface area (Å²) >= 11 is 0. The number of para-hydroxylation sites is 1. The van der Waals surface area contributed by atoms with Crippen LogP contribution in [0.25, 0.3) is 16.6 Å². The number of nitrogens with zero attached hydrogens (tertiary/aromatic N) is 2. The molecule has 0 aliphatic carbocycles. The molecule has 1 heterocycles. The first-order valence-corrected chi connectivity index (χ1v) is 10.1. The maximum Gasteiger partial charge on any atom is 0.422 e. The van der Waals surface area contributed by atoms with E-state index in [0.29, 0.717) is 16.6 Å². The SMILES string of the molecule is CCC(O)(/C(N)=C/N(N)Cc1ccc2c(c1)cc(C(=O)OC)n2-c1ccccc1)C(F)(F)F. The zero-order chi connectivity index (χ0) is 24.4. The van der Waals surface area contributed by atoms with E-state index < -0.39 is 29.9 Å². The Morgan fingerprint density at radius 3 is 2.42 bits per heavy atom. The van der Waals surface area contributed by atoms with Crippen molar-refractivity contribution in [3.8, 4) is 5.69 Å². The second-order valence-corrected chi connectivity index (χ2v) is 7.55. The zero-order valence-corrected chi connectivity index (χ0v) is 18.1. The first kappa shape index (κ1) is 24.1. The summed E-state index contributed by atoms with van der Waals surface area (Å²) in [7, 11) is 1.29. The summed E-state index contributed by atoms with van der Waals surface area (Å²) in [5, 5.41) is 11.6. The van der Waals surface area contributed by atoms with E-state index >= 15 is 0 Å². The highest BCUT2D eigenvalue weighted by Gasteiger charge is 2.54. The molecule has 3 rings (SSSR count). The van der Waals surface area contributed by atoms with Crippen molar-refractivity contribution in [2.45, 2.75) is 31.7 Å². The number of rotatable bonds is 7. The molecule has 3 aromatic rings. The zero-order valence-electron chi connectivity index (χ0n) is 18.1. The Morgan fingerprint density at radius 1 is 1.18 bits per heavy atom. The van der Waals surface area contributed by atoms with Crippen LogP contribution in [-0.2, 0) is 11.3 Å². The van der Waals surface area contributed by atoms with Gasteiger partial charge in [-0.15, -0.1) is 0 Å². The van der Waals surface area contributed by atoms with Gasteiger partial charge in [-0.05, 0) is 42.3 Å². The maximum atomic E-state index is 13.2. The first-order valence-electron chi connectivity index (χ1n) is 10.1. The molecule has 0 fully saturated rings. The van der Waals surface area contributed by atoms with Gasteiger partial charge in [-0.1, -0.05) is 31.2 Å². The minimum atomic E-state index is -4.94. The predicted molar refractivity (Wildman–Crippen MR) is 118 cm³/mol. The first-order chi connectivity index (χ1) is 15.5. The minimum absolute atomic E-state index is 0.0123. The molecule has 0 aliphatic rings. The molecule has 7 nitrogen and oxygen atoms in total. The number of nitrogens with two attached hydrogens (primary N) is 2. The highest BCUT2D eigenvalue weighted by atomic mass is 19.4. The van der Waals surface area contributed by atoms with Crippen LogP contribution in [0.5, 0.6) is 0 Å². The Hall–Kier alpha value is -3.50. The quantitative estimate of drug-likeness (QED) is 0.281. The summed E-state index contributed by atoms with van der Waals surface area (Å²) in [5.41, 5.74) is 4.05. The average molecular weight is 462 g/mol. The summed E-state index contributed by atoms with van der Waals surface area (Å²) in [6.45, 7) is 1.19. The molecule has 0 saturated carbocycles. The fourth-order valence-electron chi connectivity index (χ4n) is 3.58. The van der Waals surface area contributed by atoms with Crippen molar-refractivity contribution in [3.05, 3.63) is 77.8 Å². The van der Waals surface area contributed by atoms with Gasteiger partial charge in [0.25, 0.3) is 0 Å². The van der Waals surface area contributed by atoms with E-state index in [4.69, 9.17) is 16.3 Å². The van der Waals surface area contributed by atoms with Crippen LogP contribution in [0.3, 0.4) is 0 Å². The molecule has 5 N–H and O–H groups in total. The Morgan fingerprint density at radius 2 is 1.85 bits per heavy atom. The number of hydrogen-bond acceptors (Lipinski definition) is 6. The number of hydrogen-bond donors (Lipinski definition) is 3. The van der Waals surface area contributed by atoms with Gasteiger partial charge in [0.2, 0.25) is 5.60 Å². The molecule has 0 radical (unpaired) electrons. The van der Waals surface area contributed by atoms with Gasteiger partial charge in [0.15, 0.2) is 0 Å². The molecule has 2 aromatic carbocycles. The number of esters is 1. The normalized spacial score (nSPS) is 14.2. The lowest BCUT2D eigenvalue weighted by Crippen LogP contribution is -2.49. The summed E-state index contributed by atoms with van der Waals surface area (Å²) in [6.07, 6.45) is -4.72. The second-order valence-electron chi connectivity index (χ2n) is 7.55. The lowest BCUT2D eigenvalue weighted by Gasteiger charge is -2.30. The van der Waals surface area contributed by atoms with Gasteiger partial charge >= 0.3 is 12.1 Å². The van der Waals surface area contributed by atoms with Crippen molar-refractivity contribution < 1.29 is 27.8 Å². The van der Waals surface area contributed by atoms with Gasteiger partial charge in [0, 0.05) is 17.3 Å². The van der Waals surface area contributed by atoms with Crippen LogP contribution in [0.1, 0.15) is 29.4 Å². The monoisotopic (exact) mass is 462 g/mol. The van der Waals surface area contributed by atoms with Crippen molar-refractivity contribution in [3.63, 3.8) is 0 Å². The second kappa shape index (κ2) is 9.16. The van der Waals surface area contributed by atoms with Crippen molar-refractivity contribution >= 4 is 16.9 Å². The van der Waals surface area contributed by atoms with Gasteiger partial charge in [0.1, 0.15) is 5.69 Å². The van der Waals surface area contributed by atoms with E-state index in [2.05, 4.69) is 0 Å². The van der Waals surface area contributed by atoms with E-state index in [1.165, 1.54) is 14.0 Å². The Labute approximate surface area is 188 Å². The predicted octanol–water partition coefficient (Wildman–Crippen LogP) is 3.60. The molecule has 1 unspecified atom stereocenters. The number of aliphatic hydroxyl groups is 1. The van der Waals surface area contributed by atoms with Crippen LogP contribution < -0.4 is 11.6 Å². The molecule has 0 spiro atoms. The fraction of sp³-hybridized carbons (Fsp3) is 0.261. The molecule has 1 atom stereocenters. The molecule has 0 bridgehead atoms. The highest BCUT2D eigenvalue weighted by molar-refractivity contribution is 5.97. The van der Waals surface area contributed by atoms with Crippen molar-refractivity contribution in [1.29, 1.82) is 0 Å². The number of ether oxygens (including phenoxy) is 1. The third-order valence-corrected chi connectivity index (χ3v) is 5.40. The summed E-state index contributed by atoms with van der Waals surface area (Å²) in [6, 6.07) is 16.2. The van der Waals surface area contributed by atoms with Crippen molar-refractivity contribution in [1.82, 2.24) is 9.58 Å². The number of benzene rings is 2. The Bertz CT molecular complexity index is 1170. The minimum Gasteiger partial charge on any atom is -0.464 e. The van der Waals surface area contributed by atoms with Crippen LogP contribution in [-0.4, -0.2) is 39.5 Å². The molecule has 0 amide bonds. The van der Waals surface area contributed by atoms with Gasteiger partial charge in [-0.3, -0.25) is 0 Å². The number of carbonyl (C=O) groups excluding carboxylic acids is 1. The number of fused-ring (bicyclic) bond motifs is 1. The number of alkyl halides is 3. The van der Waals surface area contributed by atoms with Crippen LogP contribution in [0.2, 0.25) is 0 Å². The lowest BCUT2D eigenvalue weighted by atomic mass is 9.96. The number of halogens is 3. The van der Waals surface area contributed by atoms with E-state index in [1.807, 2.05) is 30.3 Å². The van der Waals surface area contributed by atoms with Crippen LogP contribution in [0, 0.1) is 0 Å². The van der Waals surface area contributed by atoms with Crippen LogP contribution >= 0.6 is 0 Å². The highest BCUT2D eigenvalue weighted by Crippen LogP contribution is 2.36.